The monoisotopic (exact) mass is 421 g/mol. The van der Waals surface area contributed by atoms with E-state index >= 15 is 0 Å². The number of aryl methyl sites for hydroxylation is 1. The average Bonchev–Trinajstić information content (AvgIpc) is 3.09. The molecule has 0 atom stereocenters. The SMILES string of the molecule is COc1cc2c(cc1C(F)(F)F)N(C(=O)Nc1cccc(CCCN(C)C)c1)CC2. The second kappa shape index (κ2) is 8.95. The van der Waals surface area contributed by atoms with Crippen LogP contribution < -0.4 is 15.0 Å². The van der Waals surface area contributed by atoms with Gasteiger partial charge in [0.05, 0.1) is 12.7 Å². The zero-order chi connectivity index (χ0) is 21.9. The standard InChI is InChI=1S/C22H26F3N3O2/c1-27(2)10-5-7-15-6-4-8-17(12-15)26-21(29)28-11-9-16-13-20(30-3)18(14-19(16)28)22(23,24)25/h4,6,8,12-14H,5,7,9-11H2,1-3H3,(H,26,29). The summed E-state index contributed by atoms with van der Waals surface area (Å²) in [7, 11) is 5.25. The highest BCUT2D eigenvalue weighted by Gasteiger charge is 2.37. The van der Waals surface area contributed by atoms with Crippen LogP contribution in [-0.2, 0) is 19.0 Å². The van der Waals surface area contributed by atoms with Gasteiger partial charge in [-0.2, -0.15) is 13.2 Å². The van der Waals surface area contributed by atoms with Crippen LogP contribution in [0.15, 0.2) is 36.4 Å². The maximum absolute atomic E-state index is 13.4. The van der Waals surface area contributed by atoms with Gasteiger partial charge in [-0.05, 0) is 75.3 Å². The summed E-state index contributed by atoms with van der Waals surface area (Å²) in [6.45, 7) is 1.28. The van der Waals surface area contributed by atoms with Crippen LogP contribution in [0, 0.1) is 0 Å². The first-order chi connectivity index (χ1) is 14.2. The fourth-order valence-electron chi connectivity index (χ4n) is 3.61. The summed E-state index contributed by atoms with van der Waals surface area (Å²) in [5.41, 5.74) is 1.77. The Morgan fingerprint density at radius 1 is 1.23 bits per heavy atom. The summed E-state index contributed by atoms with van der Waals surface area (Å²) in [4.78, 5) is 16.3. The normalized spacial score (nSPS) is 13.5. The van der Waals surface area contributed by atoms with Gasteiger partial charge in [0.15, 0.2) is 0 Å². The number of nitrogens with zero attached hydrogens (tertiary/aromatic N) is 2. The van der Waals surface area contributed by atoms with E-state index in [1.165, 1.54) is 18.1 Å². The third-order valence-electron chi connectivity index (χ3n) is 5.10. The molecular formula is C22H26F3N3O2. The first kappa shape index (κ1) is 22.0. The highest BCUT2D eigenvalue weighted by molar-refractivity contribution is 6.03. The molecular weight excluding hydrogens is 395 g/mol. The number of urea groups is 1. The van der Waals surface area contributed by atoms with Gasteiger partial charge in [-0.15, -0.1) is 0 Å². The number of amides is 2. The van der Waals surface area contributed by atoms with Gasteiger partial charge in [-0.3, -0.25) is 4.90 Å². The van der Waals surface area contributed by atoms with Crippen molar-refractivity contribution < 1.29 is 22.7 Å². The smallest absolute Gasteiger partial charge is 0.420 e. The molecule has 30 heavy (non-hydrogen) atoms. The second-order valence-corrected chi connectivity index (χ2v) is 7.62. The largest absolute Gasteiger partial charge is 0.496 e. The Hall–Kier alpha value is -2.74. The number of carbonyl (C=O) groups excluding carboxylic acids is 1. The highest BCUT2D eigenvalue weighted by atomic mass is 19.4. The van der Waals surface area contributed by atoms with Crippen LogP contribution in [0.5, 0.6) is 5.75 Å². The summed E-state index contributed by atoms with van der Waals surface area (Å²) in [6.07, 6.45) is -2.22. The minimum Gasteiger partial charge on any atom is -0.496 e. The van der Waals surface area contributed by atoms with Crippen LogP contribution in [0.25, 0.3) is 0 Å². The number of ether oxygens (including phenoxy) is 1. The average molecular weight is 421 g/mol. The van der Waals surface area contributed by atoms with Crippen LogP contribution in [0.3, 0.4) is 0 Å². The summed E-state index contributed by atoms with van der Waals surface area (Å²) in [5.74, 6) is -0.228. The fraction of sp³-hybridized carbons (Fsp3) is 0.409. The maximum atomic E-state index is 13.4. The van der Waals surface area contributed by atoms with Gasteiger partial charge in [-0.25, -0.2) is 4.79 Å². The molecule has 1 aliphatic heterocycles. The molecule has 0 spiro atoms. The van der Waals surface area contributed by atoms with Crippen LogP contribution in [0.2, 0.25) is 0 Å². The third kappa shape index (κ3) is 5.05. The lowest BCUT2D eigenvalue weighted by Crippen LogP contribution is -2.33. The number of alkyl halides is 3. The third-order valence-corrected chi connectivity index (χ3v) is 5.10. The molecule has 1 heterocycles. The highest BCUT2D eigenvalue weighted by Crippen LogP contribution is 2.42. The molecule has 0 aromatic heterocycles. The van der Waals surface area contributed by atoms with Crippen LogP contribution >= 0.6 is 0 Å². The molecule has 2 amide bonds. The number of hydrogen-bond acceptors (Lipinski definition) is 3. The van der Waals surface area contributed by atoms with Crippen molar-refractivity contribution in [3.8, 4) is 5.75 Å². The first-order valence-corrected chi connectivity index (χ1v) is 9.79. The summed E-state index contributed by atoms with van der Waals surface area (Å²) >= 11 is 0. The predicted molar refractivity (Wildman–Crippen MR) is 111 cm³/mol. The molecule has 0 saturated carbocycles. The van der Waals surface area contributed by atoms with Gasteiger partial charge in [-0.1, -0.05) is 12.1 Å². The number of rotatable bonds is 6. The lowest BCUT2D eigenvalue weighted by Gasteiger charge is -2.20. The summed E-state index contributed by atoms with van der Waals surface area (Å²) < 4.78 is 45.0. The van der Waals surface area contributed by atoms with Gasteiger partial charge in [0.1, 0.15) is 5.75 Å². The van der Waals surface area contributed by atoms with E-state index in [2.05, 4.69) is 10.2 Å². The Morgan fingerprint density at radius 2 is 2.00 bits per heavy atom. The Bertz CT molecular complexity index is 913. The fourth-order valence-corrected chi connectivity index (χ4v) is 3.61. The number of anilines is 2. The topological polar surface area (TPSA) is 44.8 Å². The Kier molecular flexibility index (Phi) is 6.55. The zero-order valence-corrected chi connectivity index (χ0v) is 17.3. The number of hydrogen-bond donors (Lipinski definition) is 1. The van der Waals surface area contributed by atoms with E-state index in [9.17, 15) is 18.0 Å². The van der Waals surface area contributed by atoms with Gasteiger partial charge in [0.2, 0.25) is 0 Å². The molecule has 1 N–H and O–H groups in total. The molecule has 1 aliphatic rings. The lowest BCUT2D eigenvalue weighted by atomic mass is 10.1. The first-order valence-electron chi connectivity index (χ1n) is 9.79. The van der Waals surface area contributed by atoms with Crippen molar-refractivity contribution in [3.63, 3.8) is 0 Å². The van der Waals surface area contributed by atoms with Crippen molar-refractivity contribution >= 4 is 17.4 Å². The molecule has 0 saturated heterocycles. The van der Waals surface area contributed by atoms with Crippen molar-refractivity contribution in [2.45, 2.75) is 25.4 Å². The van der Waals surface area contributed by atoms with Crippen LogP contribution in [0.1, 0.15) is 23.1 Å². The van der Waals surface area contributed by atoms with Crippen molar-refractivity contribution in [1.29, 1.82) is 0 Å². The van der Waals surface area contributed by atoms with Gasteiger partial charge < -0.3 is 15.0 Å². The molecule has 0 unspecified atom stereocenters. The van der Waals surface area contributed by atoms with Crippen molar-refractivity contribution in [3.05, 3.63) is 53.1 Å². The number of fused-ring (bicyclic) bond motifs is 1. The van der Waals surface area contributed by atoms with E-state index in [-0.39, 0.29) is 11.4 Å². The minimum absolute atomic E-state index is 0.228. The van der Waals surface area contributed by atoms with E-state index in [0.29, 0.717) is 24.2 Å². The number of halogens is 3. The van der Waals surface area contributed by atoms with Crippen LogP contribution in [-0.4, -0.2) is 45.2 Å². The van der Waals surface area contributed by atoms with E-state index in [4.69, 9.17) is 4.74 Å². The molecule has 2 aromatic carbocycles. The Labute approximate surface area is 174 Å². The van der Waals surface area contributed by atoms with Crippen molar-refractivity contribution in [2.75, 3.05) is 44.5 Å². The molecule has 0 bridgehead atoms. The molecule has 5 nitrogen and oxygen atoms in total. The zero-order valence-electron chi connectivity index (χ0n) is 17.3. The number of methoxy groups -OCH3 is 1. The van der Waals surface area contributed by atoms with Gasteiger partial charge in [0, 0.05) is 17.9 Å². The van der Waals surface area contributed by atoms with E-state index in [0.717, 1.165) is 31.0 Å². The van der Waals surface area contributed by atoms with Crippen LogP contribution in [0.4, 0.5) is 29.3 Å². The Morgan fingerprint density at radius 3 is 2.67 bits per heavy atom. The summed E-state index contributed by atoms with van der Waals surface area (Å²) in [5, 5.41) is 2.82. The molecule has 8 heteroatoms. The Balaban J connectivity index is 1.76. The quantitative estimate of drug-likeness (QED) is 0.729. The number of carbonyl (C=O) groups is 1. The minimum atomic E-state index is -4.56. The predicted octanol–water partition coefficient (Wildman–Crippen LogP) is 4.80. The molecule has 162 valence electrons. The number of nitrogens with one attached hydrogen (secondary N) is 1. The molecule has 0 fully saturated rings. The van der Waals surface area contributed by atoms with E-state index in [1.807, 2.05) is 32.3 Å². The van der Waals surface area contributed by atoms with Crippen molar-refractivity contribution in [2.24, 2.45) is 0 Å². The van der Waals surface area contributed by atoms with Crippen molar-refractivity contribution in [1.82, 2.24) is 4.90 Å². The van der Waals surface area contributed by atoms with E-state index in [1.54, 1.807) is 6.07 Å². The van der Waals surface area contributed by atoms with Gasteiger partial charge in [0.25, 0.3) is 0 Å². The maximum Gasteiger partial charge on any atom is 0.420 e. The summed E-state index contributed by atoms with van der Waals surface area (Å²) in [6, 6.07) is 9.47. The lowest BCUT2D eigenvalue weighted by molar-refractivity contribution is -0.138. The molecule has 0 aliphatic carbocycles. The second-order valence-electron chi connectivity index (χ2n) is 7.62. The molecule has 3 rings (SSSR count). The molecule has 0 radical (unpaired) electrons. The van der Waals surface area contributed by atoms with E-state index < -0.39 is 17.8 Å². The molecule has 2 aromatic rings. The number of benzene rings is 2. The van der Waals surface area contributed by atoms with Gasteiger partial charge >= 0.3 is 12.2 Å².